The van der Waals surface area contributed by atoms with Gasteiger partial charge in [0.05, 0.1) is 0 Å². The number of fused-ring (bicyclic) bond motifs is 1. The van der Waals surface area contributed by atoms with Gasteiger partial charge in [-0.1, -0.05) is 19.1 Å². The van der Waals surface area contributed by atoms with Crippen molar-refractivity contribution in [2.45, 2.75) is 32.7 Å². The van der Waals surface area contributed by atoms with Crippen LogP contribution >= 0.6 is 0 Å². The van der Waals surface area contributed by atoms with E-state index < -0.39 is 0 Å². The van der Waals surface area contributed by atoms with Crippen LogP contribution in [0.5, 0.6) is 0 Å². The molecule has 0 aliphatic carbocycles. The van der Waals surface area contributed by atoms with Gasteiger partial charge in [0, 0.05) is 25.2 Å². The van der Waals surface area contributed by atoms with Crippen LogP contribution in [0, 0.1) is 11.8 Å². The summed E-state index contributed by atoms with van der Waals surface area (Å²) < 4.78 is 0. The van der Waals surface area contributed by atoms with E-state index in [1.165, 1.54) is 25.2 Å². The van der Waals surface area contributed by atoms with Gasteiger partial charge >= 0.3 is 0 Å². The lowest BCUT2D eigenvalue weighted by Gasteiger charge is -2.36. The van der Waals surface area contributed by atoms with Gasteiger partial charge < -0.3 is 5.32 Å². The molecule has 2 saturated heterocycles. The Labute approximate surface area is 93.7 Å². The smallest absolute Gasteiger partial charge is 0.0200 e. The molecule has 2 fully saturated rings. The summed E-state index contributed by atoms with van der Waals surface area (Å²) in [4.78, 5) is 2.63. The fraction of sp³-hybridized carbons (Fsp3) is 0.846. The average molecular weight is 208 g/mol. The maximum atomic E-state index is 4.14. The molecule has 2 heterocycles. The monoisotopic (exact) mass is 208 g/mol. The predicted molar refractivity (Wildman–Crippen MR) is 64.9 cm³/mol. The van der Waals surface area contributed by atoms with Crippen LogP contribution in [0.3, 0.4) is 0 Å². The highest BCUT2D eigenvalue weighted by Crippen LogP contribution is 2.40. The van der Waals surface area contributed by atoms with E-state index in [2.05, 4.69) is 37.6 Å². The predicted octanol–water partition coefficient (Wildman–Crippen LogP) is 1.88. The molecule has 0 amide bonds. The highest BCUT2D eigenvalue weighted by Gasteiger charge is 2.49. The molecule has 2 aliphatic heterocycles. The van der Waals surface area contributed by atoms with Crippen molar-refractivity contribution in [2.75, 3.05) is 26.2 Å². The van der Waals surface area contributed by atoms with Crippen molar-refractivity contribution < 1.29 is 0 Å². The Morgan fingerprint density at radius 2 is 2.20 bits per heavy atom. The van der Waals surface area contributed by atoms with Crippen LogP contribution < -0.4 is 5.32 Å². The zero-order chi connectivity index (χ0) is 11.1. The van der Waals surface area contributed by atoms with Crippen LogP contribution in [0.2, 0.25) is 0 Å². The SMILES string of the molecule is C=C(CC)CN1CC2CNCC2C1(C)C. The standard InChI is InChI=1S/C13H24N2/c1-5-10(2)8-15-9-11-6-14-7-12(11)13(15,3)4/h11-12,14H,2,5-9H2,1,3-4H3. The Hall–Kier alpha value is -0.340. The van der Waals surface area contributed by atoms with E-state index in [1.54, 1.807) is 0 Å². The molecule has 15 heavy (non-hydrogen) atoms. The maximum absolute atomic E-state index is 4.14. The molecule has 86 valence electrons. The first kappa shape index (κ1) is 11.2. The number of hydrogen-bond acceptors (Lipinski definition) is 2. The quantitative estimate of drug-likeness (QED) is 0.712. The Kier molecular flexibility index (Phi) is 2.91. The third-order valence-corrected chi connectivity index (χ3v) is 4.43. The summed E-state index contributed by atoms with van der Waals surface area (Å²) in [6, 6.07) is 0. The summed E-state index contributed by atoms with van der Waals surface area (Å²) in [7, 11) is 0. The van der Waals surface area contributed by atoms with Crippen molar-refractivity contribution in [3.63, 3.8) is 0 Å². The van der Waals surface area contributed by atoms with Gasteiger partial charge in [-0.3, -0.25) is 4.90 Å². The van der Waals surface area contributed by atoms with Gasteiger partial charge in [-0.15, -0.1) is 0 Å². The summed E-state index contributed by atoms with van der Waals surface area (Å²) in [5.41, 5.74) is 1.72. The summed E-state index contributed by atoms with van der Waals surface area (Å²) in [6.45, 7) is 15.9. The molecule has 2 aliphatic rings. The Bertz CT molecular complexity index is 257. The van der Waals surface area contributed by atoms with E-state index in [9.17, 15) is 0 Å². The largest absolute Gasteiger partial charge is 0.316 e. The molecule has 2 heteroatoms. The van der Waals surface area contributed by atoms with Crippen LogP contribution in [-0.2, 0) is 0 Å². The Balaban J connectivity index is 2.05. The van der Waals surface area contributed by atoms with Crippen molar-refractivity contribution in [2.24, 2.45) is 11.8 Å². The molecule has 0 bridgehead atoms. The third kappa shape index (κ3) is 1.85. The summed E-state index contributed by atoms with van der Waals surface area (Å²) in [5.74, 6) is 1.70. The second-order valence-electron chi connectivity index (χ2n) is 5.66. The lowest BCUT2D eigenvalue weighted by Crippen LogP contribution is -2.45. The van der Waals surface area contributed by atoms with Crippen molar-refractivity contribution in [3.8, 4) is 0 Å². The van der Waals surface area contributed by atoms with Crippen molar-refractivity contribution in [1.29, 1.82) is 0 Å². The van der Waals surface area contributed by atoms with Gasteiger partial charge in [0.15, 0.2) is 0 Å². The van der Waals surface area contributed by atoms with E-state index >= 15 is 0 Å². The number of hydrogen-bond donors (Lipinski definition) is 1. The highest BCUT2D eigenvalue weighted by atomic mass is 15.2. The van der Waals surface area contributed by atoms with Crippen LogP contribution in [-0.4, -0.2) is 36.6 Å². The minimum atomic E-state index is 0.353. The lowest BCUT2D eigenvalue weighted by atomic mass is 9.85. The zero-order valence-electron chi connectivity index (χ0n) is 10.3. The Morgan fingerprint density at radius 3 is 2.80 bits per heavy atom. The minimum Gasteiger partial charge on any atom is -0.316 e. The maximum Gasteiger partial charge on any atom is 0.0200 e. The zero-order valence-corrected chi connectivity index (χ0v) is 10.3. The number of likely N-dealkylation sites (tertiary alicyclic amines) is 1. The summed E-state index contributed by atoms with van der Waals surface area (Å²) >= 11 is 0. The molecule has 0 aromatic rings. The molecule has 0 saturated carbocycles. The molecule has 0 radical (unpaired) electrons. The highest BCUT2D eigenvalue weighted by molar-refractivity contribution is 5.08. The van der Waals surface area contributed by atoms with Crippen molar-refractivity contribution >= 4 is 0 Å². The van der Waals surface area contributed by atoms with Gasteiger partial charge in [0.2, 0.25) is 0 Å². The summed E-state index contributed by atoms with van der Waals surface area (Å²) in [5, 5.41) is 3.52. The molecule has 2 nitrogen and oxygen atoms in total. The Morgan fingerprint density at radius 1 is 1.47 bits per heavy atom. The molecule has 2 rings (SSSR count). The minimum absolute atomic E-state index is 0.353. The first-order chi connectivity index (χ1) is 7.05. The van der Waals surface area contributed by atoms with Gasteiger partial charge in [-0.05, 0) is 38.6 Å². The number of nitrogens with zero attached hydrogens (tertiary/aromatic N) is 1. The first-order valence-corrected chi connectivity index (χ1v) is 6.18. The van der Waals surface area contributed by atoms with E-state index in [4.69, 9.17) is 0 Å². The van der Waals surface area contributed by atoms with Gasteiger partial charge in [0.1, 0.15) is 0 Å². The topological polar surface area (TPSA) is 15.3 Å². The van der Waals surface area contributed by atoms with E-state index in [0.29, 0.717) is 5.54 Å². The molecule has 0 spiro atoms. The molecular weight excluding hydrogens is 184 g/mol. The molecule has 1 N–H and O–H groups in total. The number of rotatable bonds is 3. The van der Waals surface area contributed by atoms with Crippen molar-refractivity contribution in [1.82, 2.24) is 10.2 Å². The molecular formula is C13H24N2. The fourth-order valence-electron chi connectivity index (χ4n) is 3.15. The van der Waals surface area contributed by atoms with Crippen LogP contribution in [0.25, 0.3) is 0 Å². The summed E-state index contributed by atoms with van der Waals surface area (Å²) in [6.07, 6.45) is 1.11. The second kappa shape index (κ2) is 3.91. The van der Waals surface area contributed by atoms with Crippen LogP contribution in [0.4, 0.5) is 0 Å². The van der Waals surface area contributed by atoms with E-state index in [-0.39, 0.29) is 0 Å². The van der Waals surface area contributed by atoms with Gasteiger partial charge in [0.25, 0.3) is 0 Å². The molecule has 0 aromatic heterocycles. The number of nitrogens with one attached hydrogen (secondary N) is 1. The molecule has 0 aromatic carbocycles. The van der Waals surface area contributed by atoms with Crippen LogP contribution in [0.1, 0.15) is 27.2 Å². The third-order valence-electron chi connectivity index (χ3n) is 4.43. The van der Waals surface area contributed by atoms with Gasteiger partial charge in [-0.25, -0.2) is 0 Å². The second-order valence-corrected chi connectivity index (χ2v) is 5.66. The van der Waals surface area contributed by atoms with E-state index in [0.717, 1.165) is 24.8 Å². The fourth-order valence-corrected chi connectivity index (χ4v) is 3.15. The van der Waals surface area contributed by atoms with Crippen molar-refractivity contribution in [3.05, 3.63) is 12.2 Å². The average Bonchev–Trinajstić information content (AvgIpc) is 2.71. The van der Waals surface area contributed by atoms with Gasteiger partial charge in [-0.2, -0.15) is 0 Å². The molecule has 2 atom stereocenters. The van der Waals surface area contributed by atoms with Crippen LogP contribution in [0.15, 0.2) is 12.2 Å². The van der Waals surface area contributed by atoms with E-state index in [1.807, 2.05) is 0 Å². The lowest BCUT2D eigenvalue weighted by molar-refractivity contribution is 0.151. The first-order valence-electron chi connectivity index (χ1n) is 6.18. The normalized spacial score (nSPS) is 34.3. The molecule has 2 unspecified atom stereocenters.